The SMILES string of the molecule is CN=CCF.CO/C(=C(\N)C(=O)NCCCc1cncc(F)c1)c1ccc(OC)c(C(=O)O)c1. The number of nitrogens with two attached hydrogens (primary N) is 1. The Morgan fingerprint density at radius 2 is 2.00 bits per heavy atom. The summed E-state index contributed by atoms with van der Waals surface area (Å²) in [7, 11) is 4.23. The standard InChI is InChI=1S/C20H22FN3O5.C3H6FN/c1-28-16-6-5-13(9-15(16)20(26)27)18(29-2)17(22)19(25)24-7-3-4-12-8-14(21)11-23-10-12;1-5-3-2-4/h5-6,8-11H,3-4,7,22H2,1-2H3,(H,24,25)(H,26,27);3H,2H2,1H3/b18-17-;. The molecule has 0 saturated heterocycles. The summed E-state index contributed by atoms with van der Waals surface area (Å²) in [5, 5.41) is 12.0. The van der Waals surface area contributed by atoms with Gasteiger partial charge in [-0.15, -0.1) is 0 Å². The lowest BCUT2D eigenvalue weighted by atomic mass is 10.1. The van der Waals surface area contributed by atoms with Crippen LogP contribution in [0.25, 0.3) is 5.76 Å². The maximum Gasteiger partial charge on any atom is 0.339 e. The van der Waals surface area contributed by atoms with Gasteiger partial charge < -0.3 is 25.6 Å². The quantitative estimate of drug-likeness (QED) is 0.207. The highest BCUT2D eigenvalue weighted by atomic mass is 19.1. The molecule has 0 spiro atoms. The van der Waals surface area contributed by atoms with Gasteiger partial charge >= 0.3 is 5.97 Å². The van der Waals surface area contributed by atoms with Crippen LogP contribution in [0, 0.1) is 5.82 Å². The van der Waals surface area contributed by atoms with Gasteiger partial charge in [-0.25, -0.2) is 13.6 Å². The number of carboxylic acids is 1. The predicted octanol–water partition coefficient (Wildman–Crippen LogP) is 2.61. The van der Waals surface area contributed by atoms with Crippen LogP contribution in [0.15, 0.2) is 47.3 Å². The number of halogens is 2. The number of carbonyl (C=O) groups is 2. The van der Waals surface area contributed by atoms with Crippen molar-refractivity contribution in [1.29, 1.82) is 0 Å². The van der Waals surface area contributed by atoms with Crippen molar-refractivity contribution in [1.82, 2.24) is 10.3 Å². The fraction of sp³-hybridized carbons (Fsp3) is 0.304. The molecule has 4 N–H and O–H groups in total. The van der Waals surface area contributed by atoms with E-state index in [-0.39, 0.29) is 22.8 Å². The van der Waals surface area contributed by atoms with Crippen LogP contribution >= 0.6 is 0 Å². The van der Waals surface area contributed by atoms with E-state index in [1.807, 2.05) is 0 Å². The molecule has 2 rings (SSSR count). The number of aromatic carboxylic acids is 1. The number of ether oxygens (including phenoxy) is 2. The van der Waals surface area contributed by atoms with Gasteiger partial charge in [0.2, 0.25) is 0 Å². The maximum absolute atomic E-state index is 13.1. The molecule has 34 heavy (non-hydrogen) atoms. The summed E-state index contributed by atoms with van der Waals surface area (Å²) in [5.41, 5.74) is 6.68. The van der Waals surface area contributed by atoms with Gasteiger partial charge in [-0.2, -0.15) is 0 Å². The molecule has 0 bridgehead atoms. The zero-order valence-electron chi connectivity index (χ0n) is 19.2. The van der Waals surface area contributed by atoms with Gasteiger partial charge in [0.1, 0.15) is 29.5 Å². The number of carbonyl (C=O) groups excluding carboxylic acids is 1. The normalized spacial score (nSPS) is 11.2. The van der Waals surface area contributed by atoms with E-state index < -0.39 is 24.4 Å². The Balaban J connectivity index is 0.00000104. The largest absolute Gasteiger partial charge is 0.496 e. The first-order valence-corrected chi connectivity index (χ1v) is 10.1. The smallest absolute Gasteiger partial charge is 0.339 e. The number of amides is 1. The molecule has 11 heteroatoms. The van der Waals surface area contributed by atoms with Gasteiger partial charge in [-0.3, -0.25) is 14.8 Å². The van der Waals surface area contributed by atoms with Gasteiger partial charge in [-0.1, -0.05) is 0 Å². The number of hydrogen-bond acceptors (Lipinski definition) is 7. The van der Waals surface area contributed by atoms with Crippen LogP contribution in [0.4, 0.5) is 8.78 Å². The summed E-state index contributed by atoms with van der Waals surface area (Å²) in [5.74, 6) is -1.95. The van der Waals surface area contributed by atoms with E-state index >= 15 is 0 Å². The summed E-state index contributed by atoms with van der Waals surface area (Å²) in [6, 6.07) is 5.70. The van der Waals surface area contributed by atoms with Gasteiger partial charge in [-0.05, 0) is 42.7 Å². The summed E-state index contributed by atoms with van der Waals surface area (Å²) in [4.78, 5) is 30.8. The van der Waals surface area contributed by atoms with Crippen molar-refractivity contribution in [3.63, 3.8) is 0 Å². The monoisotopic (exact) mass is 478 g/mol. The third kappa shape index (κ3) is 8.85. The van der Waals surface area contributed by atoms with Gasteiger partial charge in [0.25, 0.3) is 5.91 Å². The molecule has 9 nitrogen and oxygen atoms in total. The van der Waals surface area contributed by atoms with Gasteiger partial charge in [0.15, 0.2) is 5.76 Å². The number of nitrogens with one attached hydrogen (secondary N) is 1. The summed E-state index contributed by atoms with van der Waals surface area (Å²) in [6.07, 6.45) is 4.98. The number of methoxy groups -OCH3 is 2. The van der Waals surface area contributed by atoms with Crippen LogP contribution in [0.1, 0.15) is 27.9 Å². The first-order valence-electron chi connectivity index (χ1n) is 10.1. The lowest BCUT2D eigenvalue weighted by molar-refractivity contribution is -0.117. The number of aromatic nitrogens is 1. The number of hydrogen-bond donors (Lipinski definition) is 3. The number of benzene rings is 1. The van der Waals surface area contributed by atoms with Crippen molar-refractivity contribution in [3.05, 3.63) is 64.9 Å². The van der Waals surface area contributed by atoms with Crippen molar-refractivity contribution in [2.45, 2.75) is 12.8 Å². The second kappa shape index (κ2) is 14.9. The van der Waals surface area contributed by atoms with E-state index in [9.17, 15) is 23.5 Å². The molecule has 0 aliphatic rings. The second-order valence-corrected chi connectivity index (χ2v) is 6.63. The molecule has 2 aromatic rings. The van der Waals surface area contributed by atoms with Crippen molar-refractivity contribution < 1.29 is 33.0 Å². The molecule has 0 atom stereocenters. The van der Waals surface area contributed by atoms with Crippen molar-refractivity contribution in [2.75, 3.05) is 34.5 Å². The summed E-state index contributed by atoms with van der Waals surface area (Å²) in [6.45, 7) is -0.146. The van der Waals surface area contributed by atoms with Crippen LogP contribution < -0.4 is 15.8 Å². The van der Waals surface area contributed by atoms with Crippen molar-refractivity contribution in [2.24, 2.45) is 10.7 Å². The number of nitrogens with zero attached hydrogens (tertiary/aromatic N) is 2. The molecule has 1 amide bonds. The van der Waals surface area contributed by atoms with E-state index in [4.69, 9.17) is 15.2 Å². The molecule has 0 radical (unpaired) electrons. The lowest BCUT2D eigenvalue weighted by Gasteiger charge is -2.13. The molecule has 0 aliphatic heterocycles. The van der Waals surface area contributed by atoms with Gasteiger partial charge in [0, 0.05) is 31.6 Å². The fourth-order valence-corrected chi connectivity index (χ4v) is 2.75. The average molecular weight is 478 g/mol. The third-order valence-corrected chi connectivity index (χ3v) is 4.33. The number of aliphatic imine (C=N–C) groups is 1. The number of alkyl halides is 1. The Labute approximate surface area is 196 Å². The van der Waals surface area contributed by atoms with Crippen molar-refractivity contribution in [3.8, 4) is 5.75 Å². The van der Waals surface area contributed by atoms with Crippen LogP contribution in [0.2, 0.25) is 0 Å². The van der Waals surface area contributed by atoms with Crippen LogP contribution in [0.5, 0.6) is 5.75 Å². The zero-order chi connectivity index (χ0) is 25.5. The number of rotatable bonds is 10. The third-order valence-electron chi connectivity index (χ3n) is 4.33. The zero-order valence-corrected chi connectivity index (χ0v) is 19.2. The van der Waals surface area contributed by atoms with E-state index in [1.54, 1.807) is 19.3 Å². The maximum atomic E-state index is 13.1. The minimum atomic E-state index is -1.19. The molecule has 1 aromatic heterocycles. The molecular weight excluding hydrogens is 450 g/mol. The highest BCUT2D eigenvalue weighted by Crippen LogP contribution is 2.25. The average Bonchev–Trinajstić information content (AvgIpc) is 2.83. The first-order chi connectivity index (χ1) is 16.3. The molecule has 1 aromatic carbocycles. The molecule has 0 fully saturated rings. The van der Waals surface area contributed by atoms with E-state index in [2.05, 4.69) is 15.3 Å². The Bertz CT molecular complexity index is 1030. The highest BCUT2D eigenvalue weighted by molar-refractivity contribution is 5.99. The topological polar surface area (TPSA) is 136 Å². The minimum Gasteiger partial charge on any atom is -0.496 e. The van der Waals surface area contributed by atoms with Crippen LogP contribution in [0.3, 0.4) is 0 Å². The molecule has 0 unspecified atom stereocenters. The van der Waals surface area contributed by atoms with Crippen LogP contribution in [-0.4, -0.2) is 62.7 Å². The van der Waals surface area contributed by atoms with E-state index in [0.29, 0.717) is 24.9 Å². The summed E-state index contributed by atoms with van der Waals surface area (Å²) >= 11 is 0. The van der Waals surface area contributed by atoms with Crippen LogP contribution in [-0.2, 0) is 16.0 Å². The molecule has 184 valence electrons. The predicted molar refractivity (Wildman–Crippen MR) is 124 cm³/mol. The second-order valence-electron chi connectivity index (χ2n) is 6.63. The Morgan fingerprint density at radius 3 is 2.53 bits per heavy atom. The number of carboxylic acid groups (broad SMARTS) is 1. The minimum absolute atomic E-state index is 0.0435. The van der Waals surface area contributed by atoms with Crippen molar-refractivity contribution >= 4 is 23.9 Å². The fourth-order valence-electron chi connectivity index (χ4n) is 2.75. The Hall–Kier alpha value is -4.02. The summed E-state index contributed by atoms with van der Waals surface area (Å²) < 4.78 is 34.2. The lowest BCUT2D eigenvalue weighted by Crippen LogP contribution is -2.30. The highest BCUT2D eigenvalue weighted by Gasteiger charge is 2.18. The number of aryl methyl sites for hydroxylation is 1. The molecule has 0 saturated carbocycles. The van der Waals surface area contributed by atoms with E-state index in [1.165, 1.54) is 38.6 Å². The first kappa shape index (κ1) is 28.0. The number of pyridine rings is 1. The van der Waals surface area contributed by atoms with Gasteiger partial charge in [0.05, 0.1) is 20.4 Å². The Kier molecular flexibility index (Phi) is 12.3. The molecular formula is C23H28F2N4O5. The molecule has 0 aliphatic carbocycles. The van der Waals surface area contributed by atoms with E-state index in [0.717, 1.165) is 11.8 Å². The Morgan fingerprint density at radius 1 is 1.26 bits per heavy atom. The molecule has 1 heterocycles.